The van der Waals surface area contributed by atoms with Gasteiger partial charge in [0.2, 0.25) is 0 Å². The van der Waals surface area contributed by atoms with Crippen LogP contribution in [0.15, 0.2) is 41.3 Å². The van der Waals surface area contributed by atoms with E-state index in [-0.39, 0.29) is 0 Å². The lowest BCUT2D eigenvalue weighted by Crippen LogP contribution is -2.15. The summed E-state index contributed by atoms with van der Waals surface area (Å²) in [6.07, 6.45) is -4.93. The summed E-state index contributed by atoms with van der Waals surface area (Å²) in [5.41, 5.74) is -2.95. The van der Waals surface area contributed by atoms with Crippen LogP contribution in [0.4, 0.5) is 27.6 Å². The highest BCUT2D eigenvalue weighted by Gasteiger charge is 2.32. The predicted molar refractivity (Wildman–Crippen MR) is 75.6 cm³/mol. The minimum Gasteiger partial charge on any atom is -0.478 e. The quantitative estimate of drug-likeness (QED) is 0.795. The largest absolute Gasteiger partial charge is 0.478 e. The average molecular weight is 381 g/mol. The monoisotopic (exact) mass is 381 g/mol. The molecule has 0 aliphatic rings. The molecule has 25 heavy (non-hydrogen) atoms. The van der Waals surface area contributed by atoms with Gasteiger partial charge >= 0.3 is 12.1 Å². The Morgan fingerprint density at radius 3 is 2.00 bits per heavy atom. The minimum atomic E-state index is -4.93. The van der Waals surface area contributed by atoms with E-state index in [9.17, 15) is 35.2 Å². The molecule has 0 unspecified atom stereocenters. The lowest BCUT2D eigenvalue weighted by atomic mass is 10.1. The first kappa shape index (κ1) is 18.6. The van der Waals surface area contributed by atoms with Crippen LogP contribution in [0.1, 0.15) is 15.9 Å². The second-order valence-electron chi connectivity index (χ2n) is 4.81. The molecule has 2 rings (SSSR count). The number of anilines is 1. The number of hydrogen-bond donors (Lipinski definition) is 2. The molecule has 0 amide bonds. The number of hydrogen-bond acceptors (Lipinski definition) is 3. The number of halogens is 5. The van der Waals surface area contributed by atoms with E-state index in [1.165, 1.54) is 0 Å². The van der Waals surface area contributed by atoms with Crippen LogP contribution in [0, 0.1) is 11.6 Å². The highest BCUT2D eigenvalue weighted by Crippen LogP contribution is 2.32. The Hall–Kier alpha value is -2.69. The Morgan fingerprint density at radius 2 is 1.52 bits per heavy atom. The smallest absolute Gasteiger partial charge is 0.416 e. The molecule has 5 nitrogen and oxygen atoms in total. The molecular formula is C14H8F5NO4S. The lowest BCUT2D eigenvalue weighted by Gasteiger charge is -2.13. The molecule has 0 radical (unpaired) electrons. The van der Waals surface area contributed by atoms with Gasteiger partial charge in [-0.25, -0.2) is 22.0 Å². The van der Waals surface area contributed by atoms with Crippen molar-refractivity contribution in [1.29, 1.82) is 0 Å². The van der Waals surface area contributed by atoms with Crippen molar-refractivity contribution in [2.45, 2.75) is 11.1 Å². The molecule has 0 saturated carbocycles. The zero-order chi connectivity index (χ0) is 19.0. The van der Waals surface area contributed by atoms with Crippen LogP contribution in [0.3, 0.4) is 0 Å². The van der Waals surface area contributed by atoms with Gasteiger partial charge in [-0.1, -0.05) is 0 Å². The van der Waals surface area contributed by atoms with Gasteiger partial charge in [-0.2, -0.15) is 13.2 Å². The number of rotatable bonds is 4. The van der Waals surface area contributed by atoms with E-state index in [0.717, 1.165) is 0 Å². The molecular weight excluding hydrogens is 373 g/mol. The summed E-state index contributed by atoms with van der Waals surface area (Å²) in [7, 11) is -4.65. The Kier molecular flexibility index (Phi) is 4.71. The fourth-order valence-corrected chi connectivity index (χ4v) is 2.95. The molecule has 2 N–H and O–H groups in total. The van der Waals surface area contributed by atoms with Crippen molar-refractivity contribution in [3.05, 3.63) is 59.2 Å². The minimum absolute atomic E-state index is 0.321. The van der Waals surface area contributed by atoms with Crippen LogP contribution in [0.5, 0.6) is 0 Å². The predicted octanol–water partition coefficient (Wildman–Crippen LogP) is 3.48. The summed E-state index contributed by atoms with van der Waals surface area (Å²) in [4.78, 5) is 10.0. The highest BCUT2D eigenvalue weighted by molar-refractivity contribution is 7.92. The molecule has 0 atom stereocenters. The zero-order valence-electron chi connectivity index (χ0n) is 11.9. The van der Waals surface area contributed by atoms with E-state index in [1.54, 1.807) is 4.72 Å². The lowest BCUT2D eigenvalue weighted by molar-refractivity contribution is -0.137. The van der Waals surface area contributed by atoms with Gasteiger partial charge in [-0.3, -0.25) is 4.72 Å². The van der Waals surface area contributed by atoms with E-state index in [4.69, 9.17) is 5.11 Å². The van der Waals surface area contributed by atoms with Gasteiger partial charge in [0, 0.05) is 6.07 Å². The van der Waals surface area contributed by atoms with E-state index in [2.05, 4.69) is 0 Å². The fraction of sp³-hybridized carbons (Fsp3) is 0.0714. The van der Waals surface area contributed by atoms with Crippen molar-refractivity contribution < 1.29 is 40.3 Å². The van der Waals surface area contributed by atoms with Crippen molar-refractivity contribution in [2.75, 3.05) is 4.72 Å². The summed E-state index contributed by atoms with van der Waals surface area (Å²) >= 11 is 0. The van der Waals surface area contributed by atoms with Gasteiger partial charge < -0.3 is 5.11 Å². The van der Waals surface area contributed by atoms with Gasteiger partial charge in [0.15, 0.2) is 0 Å². The first-order valence-electron chi connectivity index (χ1n) is 6.33. The molecule has 11 heteroatoms. The van der Waals surface area contributed by atoms with Crippen molar-refractivity contribution in [2.24, 2.45) is 0 Å². The van der Waals surface area contributed by atoms with Crippen LogP contribution in [-0.4, -0.2) is 19.5 Å². The van der Waals surface area contributed by atoms with E-state index < -0.39 is 55.5 Å². The summed E-state index contributed by atoms with van der Waals surface area (Å²) < 4.78 is 90.5. The molecule has 2 aromatic carbocycles. The van der Waals surface area contributed by atoms with Crippen LogP contribution < -0.4 is 4.72 Å². The van der Waals surface area contributed by atoms with Gasteiger partial charge in [-0.05, 0) is 30.3 Å². The van der Waals surface area contributed by atoms with Crippen LogP contribution in [0.2, 0.25) is 0 Å². The maximum Gasteiger partial charge on any atom is 0.416 e. The normalized spacial score (nSPS) is 12.0. The van der Waals surface area contributed by atoms with Crippen LogP contribution >= 0.6 is 0 Å². The molecule has 0 spiro atoms. The third-order valence-corrected chi connectivity index (χ3v) is 4.27. The number of carboxylic acid groups (broad SMARTS) is 1. The Labute approximate surface area is 137 Å². The summed E-state index contributed by atoms with van der Waals surface area (Å²) in [6, 6.07) is 2.65. The first-order valence-corrected chi connectivity index (χ1v) is 7.81. The fourth-order valence-electron chi connectivity index (χ4n) is 1.87. The number of alkyl halides is 3. The maximum absolute atomic E-state index is 13.1. The number of carbonyl (C=O) groups is 1. The number of benzene rings is 2. The summed E-state index contributed by atoms with van der Waals surface area (Å²) in [5.74, 6) is -4.14. The average Bonchev–Trinajstić information content (AvgIpc) is 2.44. The molecule has 0 aliphatic heterocycles. The molecule has 0 saturated heterocycles. The van der Waals surface area contributed by atoms with Crippen molar-refractivity contribution >= 4 is 21.7 Å². The van der Waals surface area contributed by atoms with Crippen molar-refractivity contribution in [1.82, 2.24) is 0 Å². The molecule has 0 bridgehead atoms. The second-order valence-corrected chi connectivity index (χ2v) is 6.50. The van der Waals surface area contributed by atoms with Gasteiger partial charge in [0.05, 0.1) is 21.7 Å². The van der Waals surface area contributed by atoms with Crippen LogP contribution in [0.25, 0.3) is 0 Å². The standard InChI is InChI=1S/C14H8F5NO4S/c15-9-4-10(16)6-12(5-9)25(23,24)20-11-2-7(13(21)22)1-8(3-11)14(17,18)19/h1-6,20H,(H,21,22). The highest BCUT2D eigenvalue weighted by atomic mass is 32.2. The Bertz CT molecular complexity index is 920. The van der Waals surface area contributed by atoms with Crippen molar-refractivity contribution in [3.63, 3.8) is 0 Å². The SMILES string of the molecule is O=C(O)c1cc(NS(=O)(=O)c2cc(F)cc(F)c2)cc(C(F)(F)F)c1. The number of nitrogens with one attached hydrogen (secondary N) is 1. The topological polar surface area (TPSA) is 83.5 Å². The van der Waals surface area contributed by atoms with Gasteiger partial charge in [0.1, 0.15) is 11.6 Å². The third-order valence-electron chi connectivity index (χ3n) is 2.91. The first-order chi connectivity index (χ1) is 11.4. The Morgan fingerprint density at radius 1 is 0.960 bits per heavy atom. The molecule has 0 fully saturated rings. The zero-order valence-corrected chi connectivity index (χ0v) is 12.8. The maximum atomic E-state index is 13.1. The molecule has 134 valence electrons. The molecule has 0 aliphatic carbocycles. The second kappa shape index (κ2) is 6.31. The van der Waals surface area contributed by atoms with Crippen LogP contribution in [-0.2, 0) is 16.2 Å². The number of carboxylic acids is 1. The molecule has 0 aromatic heterocycles. The Balaban J connectivity index is 2.51. The number of aromatic carboxylic acids is 1. The van der Waals surface area contributed by atoms with Crippen molar-refractivity contribution in [3.8, 4) is 0 Å². The van der Waals surface area contributed by atoms with Gasteiger partial charge in [0.25, 0.3) is 10.0 Å². The summed E-state index contributed by atoms with van der Waals surface area (Å²) in [6.45, 7) is 0. The molecule has 2 aromatic rings. The third kappa shape index (κ3) is 4.44. The number of sulfonamides is 1. The van der Waals surface area contributed by atoms with E-state index >= 15 is 0 Å². The van der Waals surface area contributed by atoms with E-state index in [1.807, 2.05) is 0 Å². The summed E-state index contributed by atoms with van der Waals surface area (Å²) in [5, 5.41) is 8.84. The molecule has 0 heterocycles. The van der Waals surface area contributed by atoms with Gasteiger partial charge in [-0.15, -0.1) is 0 Å². The van der Waals surface area contributed by atoms with E-state index in [0.29, 0.717) is 36.4 Å².